The maximum absolute atomic E-state index is 16.6. The van der Waals surface area contributed by atoms with E-state index >= 15 is 4.39 Å². The zero-order valence-corrected chi connectivity index (χ0v) is 23.0. The van der Waals surface area contributed by atoms with Crippen LogP contribution in [0.15, 0.2) is 18.2 Å². The highest BCUT2D eigenvalue weighted by Gasteiger charge is 2.40. The molecule has 4 atom stereocenters. The van der Waals surface area contributed by atoms with Gasteiger partial charge in [0, 0.05) is 47.6 Å². The Hall–Kier alpha value is -3.36. The monoisotopic (exact) mass is 606 g/mol. The molecule has 8 nitrogen and oxygen atoms in total. The van der Waals surface area contributed by atoms with Gasteiger partial charge in [-0.25, -0.2) is 13.8 Å². The minimum Gasteiger partial charge on any atom is -0.463 e. The van der Waals surface area contributed by atoms with Crippen molar-refractivity contribution < 1.29 is 31.8 Å². The van der Waals surface area contributed by atoms with E-state index in [2.05, 4.69) is 20.3 Å². The van der Waals surface area contributed by atoms with Crippen LogP contribution in [0.1, 0.15) is 37.7 Å². The van der Waals surface area contributed by atoms with E-state index in [1.165, 1.54) is 0 Å². The van der Waals surface area contributed by atoms with Crippen molar-refractivity contribution in [3.05, 3.63) is 35.4 Å². The Balaban J connectivity index is 1.45. The molecule has 2 aliphatic heterocycles. The van der Waals surface area contributed by atoms with E-state index in [-0.39, 0.29) is 68.3 Å². The number of anilines is 2. The summed E-state index contributed by atoms with van der Waals surface area (Å²) in [5, 5.41) is 13.6. The van der Waals surface area contributed by atoms with Gasteiger partial charge in [0.1, 0.15) is 17.2 Å². The predicted octanol–water partition coefficient (Wildman–Crippen LogP) is 5.27. The van der Waals surface area contributed by atoms with Gasteiger partial charge in [-0.3, -0.25) is 0 Å². The summed E-state index contributed by atoms with van der Waals surface area (Å²) in [4.78, 5) is 14.7. The molecule has 222 valence electrons. The van der Waals surface area contributed by atoms with Gasteiger partial charge in [-0.15, -0.1) is 0 Å². The van der Waals surface area contributed by atoms with E-state index < -0.39 is 35.0 Å². The Kier molecular flexibility index (Phi) is 6.62. The minimum atomic E-state index is -4.97. The first-order chi connectivity index (χ1) is 20.1. The van der Waals surface area contributed by atoms with Gasteiger partial charge < -0.3 is 25.8 Å². The SMILES string of the molecule is Nc1nc2c(-c3c(C(F)(F)F)cc4c(N5CC6CCC(C5)N6)nc(OCC5CCCC5O)nc4c3F)ccc(F)c2s1. The van der Waals surface area contributed by atoms with Crippen LogP contribution in [0, 0.1) is 17.6 Å². The summed E-state index contributed by atoms with van der Waals surface area (Å²) in [5.74, 6) is -1.97. The lowest BCUT2D eigenvalue weighted by molar-refractivity contribution is -0.137. The summed E-state index contributed by atoms with van der Waals surface area (Å²) >= 11 is 0.768. The molecule has 2 aromatic heterocycles. The van der Waals surface area contributed by atoms with Crippen LogP contribution in [-0.4, -0.2) is 57.9 Å². The summed E-state index contributed by atoms with van der Waals surface area (Å²) in [5.41, 5.74) is 2.95. The average molecular weight is 607 g/mol. The number of benzene rings is 2. The van der Waals surface area contributed by atoms with E-state index in [0.29, 0.717) is 19.5 Å². The maximum atomic E-state index is 16.6. The molecule has 0 radical (unpaired) electrons. The first-order valence-electron chi connectivity index (χ1n) is 13.8. The molecule has 3 fully saturated rings. The fourth-order valence-electron chi connectivity index (χ4n) is 6.54. The number of thiazole rings is 1. The van der Waals surface area contributed by atoms with Crippen molar-refractivity contribution in [2.45, 2.75) is 56.5 Å². The van der Waals surface area contributed by atoms with Crippen LogP contribution in [0.4, 0.5) is 32.9 Å². The molecular formula is C28H27F5N6O2S. The van der Waals surface area contributed by atoms with Crippen molar-refractivity contribution in [2.24, 2.45) is 5.92 Å². The Bertz CT molecular complexity index is 1690. The summed E-state index contributed by atoms with van der Waals surface area (Å²) < 4.78 is 80.9. The van der Waals surface area contributed by atoms with Gasteiger partial charge >= 0.3 is 12.2 Å². The second-order valence-corrected chi connectivity index (χ2v) is 12.3. The normalized spacial score (nSPS) is 24.3. The first-order valence-corrected chi connectivity index (χ1v) is 14.7. The number of alkyl halides is 3. The third kappa shape index (κ3) is 4.69. The standard InChI is InChI=1S/C28H27F5N6O2S/c29-18-7-6-15(23-24(18)42-26(34)36-23)20-17(28(31,32)33)8-16-22(21(20)30)37-27(41-11-12-2-1-3-19(12)40)38-25(16)39-9-13-4-5-14(10-39)35-13/h6-8,12-14,19,35,40H,1-5,9-11H2,(H2,34,36). The lowest BCUT2D eigenvalue weighted by atomic mass is 9.95. The first kappa shape index (κ1) is 27.5. The average Bonchev–Trinajstić information content (AvgIpc) is 3.64. The Labute approximate surface area is 240 Å². The molecule has 4 unspecified atom stereocenters. The number of nitrogens with zero attached hydrogens (tertiary/aromatic N) is 4. The molecule has 42 heavy (non-hydrogen) atoms. The molecule has 4 aromatic rings. The van der Waals surface area contributed by atoms with Crippen molar-refractivity contribution in [2.75, 3.05) is 30.3 Å². The van der Waals surface area contributed by atoms with Crippen LogP contribution < -0.4 is 20.7 Å². The number of aliphatic hydroxyl groups excluding tert-OH is 1. The van der Waals surface area contributed by atoms with Crippen molar-refractivity contribution in [1.29, 1.82) is 0 Å². The lowest BCUT2D eigenvalue weighted by Gasteiger charge is -2.34. The van der Waals surface area contributed by atoms with Gasteiger partial charge in [-0.2, -0.15) is 23.1 Å². The highest BCUT2D eigenvalue weighted by atomic mass is 32.1. The molecule has 2 saturated heterocycles. The van der Waals surface area contributed by atoms with E-state index in [9.17, 15) is 22.7 Å². The number of hydrogen-bond acceptors (Lipinski definition) is 9. The molecule has 3 aliphatic rings. The number of rotatable bonds is 5. The molecular weight excluding hydrogens is 579 g/mol. The minimum absolute atomic E-state index is 0.0613. The number of piperazine rings is 1. The third-order valence-electron chi connectivity index (χ3n) is 8.54. The summed E-state index contributed by atoms with van der Waals surface area (Å²) in [6, 6.07) is 2.98. The van der Waals surface area contributed by atoms with Crippen LogP contribution in [0.25, 0.3) is 32.2 Å². The molecule has 1 saturated carbocycles. The number of aliphatic hydroxyl groups is 1. The molecule has 14 heteroatoms. The molecule has 2 bridgehead atoms. The zero-order chi connectivity index (χ0) is 29.3. The number of fused-ring (bicyclic) bond motifs is 4. The topological polar surface area (TPSA) is 109 Å². The second-order valence-electron chi connectivity index (χ2n) is 11.3. The van der Waals surface area contributed by atoms with E-state index in [0.717, 1.165) is 55.2 Å². The Morgan fingerprint density at radius 3 is 2.50 bits per heavy atom. The van der Waals surface area contributed by atoms with Crippen LogP contribution in [0.2, 0.25) is 0 Å². The zero-order valence-electron chi connectivity index (χ0n) is 22.2. The number of ether oxygens (including phenoxy) is 1. The van der Waals surface area contributed by atoms with Gasteiger partial charge in [0.25, 0.3) is 0 Å². The van der Waals surface area contributed by atoms with Crippen molar-refractivity contribution in [1.82, 2.24) is 20.3 Å². The molecule has 1 aliphatic carbocycles. The van der Waals surface area contributed by atoms with E-state index in [1.54, 1.807) is 0 Å². The fourth-order valence-corrected chi connectivity index (χ4v) is 7.30. The third-order valence-corrected chi connectivity index (χ3v) is 9.43. The van der Waals surface area contributed by atoms with Crippen LogP contribution in [-0.2, 0) is 6.18 Å². The van der Waals surface area contributed by atoms with Crippen molar-refractivity contribution >= 4 is 43.4 Å². The van der Waals surface area contributed by atoms with Crippen molar-refractivity contribution in [3.8, 4) is 17.1 Å². The maximum Gasteiger partial charge on any atom is 0.417 e. The number of nitrogen functional groups attached to an aromatic ring is 1. The van der Waals surface area contributed by atoms with Gasteiger partial charge in [0.05, 0.1) is 28.5 Å². The Morgan fingerprint density at radius 2 is 1.81 bits per heavy atom. The molecule has 4 N–H and O–H groups in total. The lowest BCUT2D eigenvalue weighted by Crippen LogP contribution is -2.51. The van der Waals surface area contributed by atoms with Gasteiger partial charge in [-0.1, -0.05) is 17.8 Å². The van der Waals surface area contributed by atoms with Crippen LogP contribution in [0.3, 0.4) is 0 Å². The summed E-state index contributed by atoms with van der Waals surface area (Å²) in [6.07, 6.45) is -1.46. The van der Waals surface area contributed by atoms with E-state index in [1.807, 2.05) is 4.90 Å². The molecule has 4 heterocycles. The molecule has 0 amide bonds. The largest absolute Gasteiger partial charge is 0.463 e. The van der Waals surface area contributed by atoms with Crippen molar-refractivity contribution in [3.63, 3.8) is 0 Å². The smallest absolute Gasteiger partial charge is 0.417 e. The number of nitrogens with one attached hydrogen (secondary N) is 1. The van der Waals surface area contributed by atoms with Crippen LogP contribution in [0.5, 0.6) is 6.01 Å². The van der Waals surface area contributed by atoms with E-state index in [4.69, 9.17) is 10.5 Å². The molecule has 0 spiro atoms. The molecule has 7 rings (SSSR count). The van der Waals surface area contributed by atoms with Gasteiger partial charge in [0.2, 0.25) is 0 Å². The second kappa shape index (κ2) is 10.1. The predicted molar refractivity (Wildman–Crippen MR) is 148 cm³/mol. The fraction of sp³-hybridized carbons (Fsp3) is 0.464. The summed E-state index contributed by atoms with van der Waals surface area (Å²) in [7, 11) is 0. The quantitative estimate of drug-likeness (QED) is 0.264. The highest BCUT2D eigenvalue weighted by Crippen LogP contribution is 2.46. The number of halogens is 5. The van der Waals surface area contributed by atoms with Gasteiger partial charge in [0.15, 0.2) is 10.9 Å². The number of aromatic nitrogens is 3. The van der Waals surface area contributed by atoms with Crippen LogP contribution >= 0.6 is 11.3 Å². The Morgan fingerprint density at radius 1 is 1.05 bits per heavy atom. The van der Waals surface area contributed by atoms with Gasteiger partial charge in [-0.05, 0) is 43.9 Å². The highest BCUT2D eigenvalue weighted by molar-refractivity contribution is 7.22. The number of nitrogens with two attached hydrogens (primary N) is 1. The molecule has 2 aromatic carbocycles. The summed E-state index contributed by atoms with van der Waals surface area (Å²) in [6.45, 7) is 1.04. The number of hydrogen-bond donors (Lipinski definition) is 3.